The number of benzene rings is 2. The minimum absolute atomic E-state index is 0.0938. The summed E-state index contributed by atoms with van der Waals surface area (Å²) in [6.07, 6.45) is 11.3. The lowest BCUT2D eigenvalue weighted by molar-refractivity contribution is 0.466. The third-order valence-corrected chi connectivity index (χ3v) is 5.89. The molecule has 31 heavy (non-hydrogen) atoms. The molecule has 0 radical (unpaired) electrons. The molecule has 1 atom stereocenters. The Kier molecular flexibility index (Phi) is 5.36. The highest BCUT2D eigenvalue weighted by Gasteiger charge is 2.22. The second-order valence-electron chi connectivity index (χ2n) is 7.90. The normalized spacial score (nSPS) is 15.5. The summed E-state index contributed by atoms with van der Waals surface area (Å²) in [5, 5.41) is 10.2. The maximum atomic E-state index is 10.2. The molecular formula is C27H24N2O2. The summed E-state index contributed by atoms with van der Waals surface area (Å²) in [4.78, 5) is 9.12. The Morgan fingerprint density at radius 2 is 1.84 bits per heavy atom. The fourth-order valence-electron chi connectivity index (χ4n) is 4.39. The van der Waals surface area contributed by atoms with Gasteiger partial charge in [-0.25, -0.2) is 4.98 Å². The van der Waals surface area contributed by atoms with Gasteiger partial charge in [0.25, 0.3) is 0 Å². The molecule has 1 N–H and O–H groups in total. The van der Waals surface area contributed by atoms with Crippen LogP contribution in [0.2, 0.25) is 0 Å². The molecule has 5 rings (SSSR count). The van der Waals surface area contributed by atoms with E-state index in [9.17, 15) is 5.11 Å². The van der Waals surface area contributed by atoms with Crippen molar-refractivity contribution < 1.29 is 9.52 Å². The van der Waals surface area contributed by atoms with E-state index >= 15 is 0 Å². The number of rotatable bonds is 5. The van der Waals surface area contributed by atoms with E-state index in [1.54, 1.807) is 18.5 Å². The van der Waals surface area contributed by atoms with Crippen LogP contribution in [-0.4, -0.2) is 15.1 Å². The molecule has 1 aliphatic rings. The Bertz CT molecular complexity index is 1160. The van der Waals surface area contributed by atoms with Crippen LogP contribution in [0.25, 0.3) is 5.57 Å². The third kappa shape index (κ3) is 4.02. The van der Waals surface area contributed by atoms with Gasteiger partial charge in [-0.05, 0) is 53.7 Å². The summed E-state index contributed by atoms with van der Waals surface area (Å²) < 4.78 is 5.96. The lowest BCUT2D eigenvalue weighted by Gasteiger charge is -2.19. The van der Waals surface area contributed by atoms with Crippen molar-refractivity contribution in [1.29, 1.82) is 0 Å². The zero-order chi connectivity index (χ0) is 21.0. The van der Waals surface area contributed by atoms with Crippen LogP contribution in [0.3, 0.4) is 0 Å². The van der Waals surface area contributed by atoms with Crippen LogP contribution in [0, 0.1) is 0 Å². The van der Waals surface area contributed by atoms with E-state index in [0.29, 0.717) is 18.1 Å². The molecule has 0 amide bonds. The number of oxazole rings is 1. The van der Waals surface area contributed by atoms with Crippen molar-refractivity contribution in [2.75, 3.05) is 0 Å². The SMILES string of the molecule is Oc1cccc2c1CCCC2=CCc1coc(C(c2ccccc2)c2cccnc2)n1. The molecule has 2 heterocycles. The predicted octanol–water partition coefficient (Wildman–Crippen LogP) is 5.92. The van der Waals surface area contributed by atoms with Crippen molar-refractivity contribution in [2.24, 2.45) is 0 Å². The molecule has 2 aromatic heterocycles. The number of fused-ring (bicyclic) bond motifs is 1. The van der Waals surface area contributed by atoms with Gasteiger partial charge in [0, 0.05) is 24.4 Å². The predicted molar refractivity (Wildman–Crippen MR) is 121 cm³/mol. The van der Waals surface area contributed by atoms with Gasteiger partial charge in [0.05, 0.1) is 11.6 Å². The second kappa shape index (κ2) is 8.60. The molecule has 0 aliphatic heterocycles. The summed E-state index contributed by atoms with van der Waals surface area (Å²) in [7, 11) is 0. The van der Waals surface area contributed by atoms with E-state index < -0.39 is 0 Å². The van der Waals surface area contributed by atoms with E-state index in [-0.39, 0.29) is 5.92 Å². The highest BCUT2D eigenvalue weighted by atomic mass is 16.3. The summed E-state index contributed by atoms with van der Waals surface area (Å²) in [5.41, 5.74) is 6.57. The molecule has 4 nitrogen and oxygen atoms in total. The lowest BCUT2D eigenvalue weighted by Crippen LogP contribution is -2.04. The van der Waals surface area contributed by atoms with Crippen LogP contribution in [0.15, 0.2) is 89.8 Å². The van der Waals surface area contributed by atoms with E-state index in [1.165, 1.54) is 5.57 Å². The zero-order valence-electron chi connectivity index (χ0n) is 17.2. The number of pyridine rings is 1. The average Bonchev–Trinajstić information content (AvgIpc) is 3.28. The van der Waals surface area contributed by atoms with Crippen molar-refractivity contribution >= 4 is 5.57 Å². The van der Waals surface area contributed by atoms with Gasteiger partial charge in [0.1, 0.15) is 12.0 Å². The lowest BCUT2D eigenvalue weighted by atomic mass is 9.86. The molecular weight excluding hydrogens is 384 g/mol. The molecule has 0 spiro atoms. The molecule has 0 fully saturated rings. The Balaban J connectivity index is 1.43. The molecule has 1 aliphatic carbocycles. The topological polar surface area (TPSA) is 59.2 Å². The largest absolute Gasteiger partial charge is 0.508 e. The smallest absolute Gasteiger partial charge is 0.206 e. The first-order chi connectivity index (χ1) is 15.3. The highest BCUT2D eigenvalue weighted by molar-refractivity contribution is 5.72. The number of aromatic hydroxyl groups is 1. The van der Waals surface area contributed by atoms with Crippen LogP contribution < -0.4 is 0 Å². The molecule has 4 aromatic rings. The quantitative estimate of drug-likeness (QED) is 0.445. The minimum Gasteiger partial charge on any atom is -0.508 e. The summed E-state index contributed by atoms with van der Waals surface area (Å²) in [5.74, 6) is 0.979. The van der Waals surface area contributed by atoms with E-state index in [4.69, 9.17) is 9.40 Å². The van der Waals surface area contributed by atoms with Gasteiger partial charge in [-0.2, -0.15) is 0 Å². The van der Waals surface area contributed by atoms with Gasteiger partial charge in [-0.3, -0.25) is 4.98 Å². The molecule has 0 bridgehead atoms. The van der Waals surface area contributed by atoms with Crippen LogP contribution in [0.5, 0.6) is 5.75 Å². The molecule has 4 heteroatoms. The number of nitrogens with zero attached hydrogens (tertiary/aromatic N) is 2. The monoisotopic (exact) mass is 408 g/mol. The standard InChI is InChI=1S/C27H24N2O2/c30-25-13-5-11-23-19(9-4-12-24(23)25)14-15-22-18-31-27(29-22)26(20-7-2-1-3-8-20)21-10-6-16-28-17-21/h1-3,5-8,10-11,13-14,16-18,26,30H,4,9,12,15H2. The van der Waals surface area contributed by atoms with Crippen LogP contribution in [0.1, 0.15) is 52.6 Å². The number of allylic oxidation sites excluding steroid dienone is 2. The van der Waals surface area contributed by atoms with Gasteiger partial charge < -0.3 is 9.52 Å². The number of hydrogen-bond acceptors (Lipinski definition) is 4. The van der Waals surface area contributed by atoms with Crippen LogP contribution in [0.4, 0.5) is 0 Å². The first-order valence-electron chi connectivity index (χ1n) is 10.7. The minimum atomic E-state index is -0.0938. The second-order valence-corrected chi connectivity index (χ2v) is 7.90. The summed E-state index contributed by atoms with van der Waals surface area (Å²) >= 11 is 0. The maximum Gasteiger partial charge on any atom is 0.206 e. The first kappa shape index (κ1) is 19.3. The highest BCUT2D eigenvalue weighted by Crippen LogP contribution is 2.36. The van der Waals surface area contributed by atoms with Crippen molar-refractivity contribution in [2.45, 2.75) is 31.6 Å². The Hall–Kier alpha value is -3.66. The molecule has 154 valence electrons. The van der Waals surface area contributed by atoms with Gasteiger partial charge in [-0.1, -0.05) is 54.6 Å². The van der Waals surface area contributed by atoms with Crippen LogP contribution >= 0.6 is 0 Å². The fraction of sp³-hybridized carbons (Fsp3) is 0.185. The Morgan fingerprint density at radius 3 is 2.68 bits per heavy atom. The molecule has 1 unspecified atom stereocenters. The van der Waals surface area contributed by atoms with Gasteiger partial charge in [-0.15, -0.1) is 0 Å². The van der Waals surface area contributed by atoms with Crippen molar-refractivity contribution in [3.63, 3.8) is 0 Å². The fourth-order valence-corrected chi connectivity index (χ4v) is 4.39. The number of phenolic OH excluding ortho intramolecular Hbond substituents is 1. The van der Waals surface area contributed by atoms with Gasteiger partial charge in [0.2, 0.25) is 5.89 Å². The molecule has 2 aromatic carbocycles. The zero-order valence-corrected chi connectivity index (χ0v) is 17.2. The van der Waals surface area contributed by atoms with Crippen molar-refractivity contribution in [3.8, 4) is 5.75 Å². The van der Waals surface area contributed by atoms with Crippen molar-refractivity contribution in [1.82, 2.24) is 9.97 Å². The average molecular weight is 409 g/mol. The number of aromatic nitrogens is 2. The third-order valence-electron chi connectivity index (χ3n) is 5.89. The van der Waals surface area contributed by atoms with Gasteiger partial charge in [0.15, 0.2) is 0 Å². The number of phenols is 1. The van der Waals surface area contributed by atoms with E-state index in [2.05, 4.69) is 35.3 Å². The molecule has 0 saturated carbocycles. The molecule has 0 saturated heterocycles. The Morgan fingerprint density at radius 1 is 0.968 bits per heavy atom. The summed E-state index contributed by atoms with van der Waals surface area (Å²) in [6.45, 7) is 0. The van der Waals surface area contributed by atoms with E-state index in [0.717, 1.165) is 47.2 Å². The Labute approximate surface area is 181 Å². The maximum absolute atomic E-state index is 10.2. The van der Waals surface area contributed by atoms with Crippen molar-refractivity contribution in [3.05, 3.63) is 119 Å². The first-order valence-corrected chi connectivity index (χ1v) is 10.7. The number of hydrogen-bond donors (Lipinski definition) is 1. The van der Waals surface area contributed by atoms with Crippen LogP contribution in [-0.2, 0) is 12.8 Å². The van der Waals surface area contributed by atoms with Gasteiger partial charge >= 0.3 is 0 Å². The van der Waals surface area contributed by atoms with E-state index in [1.807, 2.05) is 36.5 Å². The summed E-state index contributed by atoms with van der Waals surface area (Å²) in [6, 6.07) is 20.0.